The van der Waals surface area contributed by atoms with Crippen LogP contribution in [-0.2, 0) is 14.6 Å². The molecule has 5 rings (SSSR count). The number of amides is 1. The van der Waals surface area contributed by atoms with Crippen molar-refractivity contribution in [2.24, 2.45) is 5.92 Å². The highest BCUT2D eigenvalue weighted by molar-refractivity contribution is 8.26. The van der Waals surface area contributed by atoms with E-state index in [0.717, 1.165) is 43.3 Å². The van der Waals surface area contributed by atoms with Gasteiger partial charge in [0.2, 0.25) is 0 Å². The molecule has 5 heterocycles. The lowest BCUT2D eigenvalue weighted by Gasteiger charge is -2.32. The average Bonchev–Trinajstić information content (AvgIpc) is 3.27. The van der Waals surface area contributed by atoms with E-state index in [1.807, 2.05) is 19.1 Å². The molecular formula is C23H26N4O4S3. The maximum atomic E-state index is 13.6. The summed E-state index contributed by atoms with van der Waals surface area (Å²) in [6.45, 7) is 5.67. The monoisotopic (exact) mass is 518 g/mol. The predicted molar refractivity (Wildman–Crippen MR) is 139 cm³/mol. The molecule has 3 fully saturated rings. The van der Waals surface area contributed by atoms with Crippen molar-refractivity contribution in [1.82, 2.24) is 14.3 Å². The molecule has 8 nitrogen and oxygen atoms in total. The van der Waals surface area contributed by atoms with Crippen LogP contribution in [-0.4, -0.2) is 63.6 Å². The number of carbonyl (C=O) groups is 1. The van der Waals surface area contributed by atoms with E-state index in [2.05, 4.69) is 11.8 Å². The van der Waals surface area contributed by atoms with Gasteiger partial charge in [-0.3, -0.25) is 18.9 Å². The van der Waals surface area contributed by atoms with Gasteiger partial charge >= 0.3 is 0 Å². The van der Waals surface area contributed by atoms with Crippen molar-refractivity contribution < 1.29 is 13.2 Å². The zero-order chi connectivity index (χ0) is 24.2. The summed E-state index contributed by atoms with van der Waals surface area (Å²) >= 11 is 6.56. The fourth-order valence-electron chi connectivity index (χ4n) is 4.90. The number of thiocarbonyl (C=S) groups is 1. The third-order valence-corrected chi connectivity index (χ3v) is 9.70. The van der Waals surface area contributed by atoms with Gasteiger partial charge in [-0.2, -0.15) is 0 Å². The number of hydrogen-bond donors (Lipinski definition) is 0. The molecule has 2 aromatic heterocycles. The molecule has 0 spiro atoms. The molecule has 0 aliphatic carbocycles. The number of rotatable bonds is 3. The summed E-state index contributed by atoms with van der Waals surface area (Å²) in [5.74, 6) is 0.684. The Morgan fingerprint density at radius 1 is 1.24 bits per heavy atom. The van der Waals surface area contributed by atoms with Crippen molar-refractivity contribution in [2.45, 2.75) is 39.2 Å². The van der Waals surface area contributed by atoms with Crippen LogP contribution in [0.2, 0.25) is 0 Å². The highest BCUT2D eigenvalue weighted by Gasteiger charge is 2.42. The summed E-state index contributed by atoms with van der Waals surface area (Å²) in [4.78, 5) is 35.6. The summed E-state index contributed by atoms with van der Waals surface area (Å²) in [5.41, 5.74) is 1.60. The summed E-state index contributed by atoms with van der Waals surface area (Å²) in [6.07, 6.45) is 5.85. The molecule has 3 saturated heterocycles. The number of anilines is 1. The van der Waals surface area contributed by atoms with Gasteiger partial charge < -0.3 is 4.90 Å². The van der Waals surface area contributed by atoms with Crippen LogP contribution in [0.3, 0.4) is 0 Å². The maximum absolute atomic E-state index is 13.6. The normalized spacial score (nSPS) is 26.2. The Hall–Kier alpha value is -2.24. The fraction of sp³-hybridized carbons (Fsp3) is 0.478. The number of nitrogens with zero attached hydrogens (tertiary/aromatic N) is 4. The first-order valence-corrected chi connectivity index (χ1v) is 14.4. The molecule has 11 heteroatoms. The zero-order valence-electron chi connectivity index (χ0n) is 19.1. The third-order valence-electron chi connectivity index (χ3n) is 6.61. The van der Waals surface area contributed by atoms with Crippen LogP contribution in [0.25, 0.3) is 11.7 Å². The van der Waals surface area contributed by atoms with E-state index in [-0.39, 0.29) is 23.0 Å². The molecule has 2 aromatic rings. The summed E-state index contributed by atoms with van der Waals surface area (Å²) in [5, 5.41) is 0. The summed E-state index contributed by atoms with van der Waals surface area (Å²) in [6, 6.07) is 3.30. The van der Waals surface area contributed by atoms with E-state index in [4.69, 9.17) is 17.2 Å². The Morgan fingerprint density at radius 3 is 2.74 bits per heavy atom. The molecule has 0 radical (unpaired) electrons. The van der Waals surface area contributed by atoms with Crippen molar-refractivity contribution >= 4 is 61.6 Å². The van der Waals surface area contributed by atoms with Crippen molar-refractivity contribution in [3.63, 3.8) is 0 Å². The standard InChI is InChI=1S/C23H26N4O4S3/c1-14-4-3-8-25(11-14)20-17(21(28)26-12-15(2)5-6-19(26)24-20)10-18-22(29)27(23(32)33-18)16-7-9-34(30,31)13-16/h5-6,10,12,14,16H,3-4,7-9,11,13H2,1-2H3/b18-10+. The van der Waals surface area contributed by atoms with Crippen molar-refractivity contribution in [1.29, 1.82) is 0 Å². The van der Waals surface area contributed by atoms with Crippen LogP contribution >= 0.6 is 24.0 Å². The predicted octanol–water partition coefficient (Wildman–Crippen LogP) is 2.63. The zero-order valence-corrected chi connectivity index (χ0v) is 21.5. The van der Waals surface area contributed by atoms with Gasteiger partial charge in [-0.1, -0.05) is 37.0 Å². The van der Waals surface area contributed by atoms with Crippen molar-refractivity contribution in [3.05, 3.63) is 44.7 Å². The summed E-state index contributed by atoms with van der Waals surface area (Å²) in [7, 11) is -3.17. The molecule has 0 aromatic carbocycles. The number of sulfone groups is 1. The highest BCUT2D eigenvalue weighted by Crippen LogP contribution is 2.37. The Labute approximate surface area is 207 Å². The minimum atomic E-state index is -3.17. The van der Waals surface area contributed by atoms with E-state index in [0.29, 0.717) is 38.6 Å². The molecule has 1 amide bonds. The molecule has 2 unspecified atom stereocenters. The number of aryl methyl sites for hydroxylation is 1. The Morgan fingerprint density at radius 2 is 2.03 bits per heavy atom. The number of aromatic nitrogens is 2. The van der Waals surface area contributed by atoms with Gasteiger partial charge in [-0.15, -0.1) is 0 Å². The van der Waals surface area contributed by atoms with Crippen molar-refractivity contribution in [2.75, 3.05) is 29.5 Å². The smallest absolute Gasteiger partial charge is 0.267 e. The van der Waals surface area contributed by atoms with E-state index < -0.39 is 15.9 Å². The lowest BCUT2D eigenvalue weighted by molar-refractivity contribution is -0.123. The maximum Gasteiger partial charge on any atom is 0.267 e. The molecule has 0 bridgehead atoms. The topological polar surface area (TPSA) is 92.1 Å². The molecule has 2 atom stereocenters. The SMILES string of the molecule is Cc1ccc2nc(N3CCCC(C)C3)c(/C=C3/SC(=S)N(C4CCS(=O)(=O)C4)C3=O)c(=O)n2c1. The van der Waals surface area contributed by atoms with Crippen LogP contribution < -0.4 is 10.5 Å². The molecule has 0 saturated carbocycles. The molecule has 3 aliphatic heterocycles. The first kappa shape index (κ1) is 23.5. The Bertz CT molecular complexity index is 1400. The molecule has 180 valence electrons. The fourth-order valence-corrected chi connectivity index (χ4v) is 7.98. The van der Waals surface area contributed by atoms with Crippen molar-refractivity contribution in [3.8, 4) is 0 Å². The lowest BCUT2D eigenvalue weighted by atomic mass is 10.00. The minimum Gasteiger partial charge on any atom is -0.356 e. The second-order valence-electron chi connectivity index (χ2n) is 9.39. The number of piperidine rings is 1. The van der Waals surface area contributed by atoms with Gasteiger partial charge in [0.15, 0.2) is 9.84 Å². The van der Waals surface area contributed by atoms with Crippen LogP contribution in [0.15, 0.2) is 28.0 Å². The molecule has 3 aliphatic rings. The van der Waals surface area contributed by atoms with Crippen LogP contribution in [0, 0.1) is 12.8 Å². The number of thioether (sulfide) groups is 1. The van der Waals surface area contributed by atoms with Crippen LogP contribution in [0.4, 0.5) is 5.82 Å². The van der Waals surface area contributed by atoms with Gasteiger partial charge in [0.25, 0.3) is 11.5 Å². The Balaban J connectivity index is 1.60. The number of hydrogen-bond acceptors (Lipinski definition) is 8. The van der Waals surface area contributed by atoms with E-state index in [1.54, 1.807) is 12.3 Å². The number of carbonyl (C=O) groups excluding carboxylic acids is 1. The summed E-state index contributed by atoms with van der Waals surface area (Å²) < 4.78 is 25.8. The van der Waals surface area contributed by atoms with Gasteiger partial charge in [0.05, 0.1) is 28.0 Å². The minimum absolute atomic E-state index is 0.0559. The first-order chi connectivity index (χ1) is 16.1. The third kappa shape index (κ3) is 4.29. The average molecular weight is 519 g/mol. The van der Waals surface area contributed by atoms with E-state index in [1.165, 1.54) is 9.30 Å². The van der Waals surface area contributed by atoms with E-state index in [9.17, 15) is 18.0 Å². The number of pyridine rings is 1. The quantitative estimate of drug-likeness (QED) is 0.452. The van der Waals surface area contributed by atoms with Gasteiger partial charge in [0.1, 0.15) is 15.8 Å². The molecular weight excluding hydrogens is 492 g/mol. The van der Waals surface area contributed by atoms with E-state index >= 15 is 0 Å². The second kappa shape index (κ2) is 8.76. The highest BCUT2D eigenvalue weighted by atomic mass is 32.2. The van der Waals surface area contributed by atoms with Crippen LogP contribution in [0.1, 0.15) is 37.3 Å². The van der Waals surface area contributed by atoms with Gasteiger partial charge in [0, 0.05) is 19.3 Å². The largest absolute Gasteiger partial charge is 0.356 e. The second-order valence-corrected chi connectivity index (χ2v) is 13.3. The Kier molecular flexibility index (Phi) is 6.06. The number of fused-ring (bicyclic) bond motifs is 1. The van der Waals surface area contributed by atoms with Crippen LogP contribution in [0.5, 0.6) is 0 Å². The van der Waals surface area contributed by atoms with Gasteiger partial charge in [-0.05, 0) is 49.8 Å². The first-order valence-electron chi connectivity index (χ1n) is 11.4. The van der Waals surface area contributed by atoms with Gasteiger partial charge in [-0.25, -0.2) is 13.4 Å². The molecule has 0 N–H and O–H groups in total. The lowest BCUT2D eigenvalue weighted by Crippen LogP contribution is -2.39. The molecule has 34 heavy (non-hydrogen) atoms.